The fourth-order valence-corrected chi connectivity index (χ4v) is 2.96. The SMILES string of the molecule is c1ccc(N2CCC(N3CCNCC3)C2)cc1. The molecular weight excluding hydrogens is 210 g/mol. The Morgan fingerprint density at radius 1 is 1.00 bits per heavy atom. The van der Waals surface area contributed by atoms with Gasteiger partial charge in [-0.15, -0.1) is 0 Å². The number of hydrogen-bond acceptors (Lipinski definition) is 3. The van der Waals surface area contributed by atoms with Crippen LogP contribution in [0.15, 0.2) is 30.3 Å². The summed E-state index contributed by atoms with van der Waals surface area (Å²) in [5.74, 6) is 0. The molecule has 0 aromatic heterocycles. The van der Waals surface area contributed by atoms with Crippen LogP contribution in [-0.4, -0.2) is 50.2 Å². The van der Waals surface area contributed by atoms with E-state index >= 15 is 0 Å². The van der Waals surface area contributed by atoms with E-state index in [1.807, 2.05) is 0 Å². The van der Waals surface area contributed by atoms with Crippen LogP contribution in [0, 0.1) is 0 Å². The maximum absolute atomic E-state index is 3.43. The summed E-state index contributed by atoms with van der Waals surface area (Å²) in [6, 6.07) is 11.6. The summed E-state index contributed by atoms with van der Waals surface area (Å²) < 4.78 is 0. The van der Waals surface area contributed by atoms with Gasteiger partial charge in [-0.1, -0.05) is 18.2 Å². The van der Waals surface area contributed by atoms with Gasteiger partial charge in [-0.2, -0.15) is 0 Å². The molecule has 2 heterocycles. The van der Waals surface area contributed by atoms with Crippen LogP contribution in [-0.2, 0) is 0 Å². The van der Waals surface area contributed by atoms with Crippen molar-refractivity contribution in [2.24, 2.45) is 0 Å². The van der Waals surface area contributed by atoms with Gasteiger partial charge in [0, 0.05) is 51.0 Å². The summed E-state index contributed by atoms with van der Waals surface area (Å²) in [5.41, 5.74) is 1.38. The van der Waals surface area contributed by atoms with Gasteiger partial charge in [-0.3, -0.25) is 4.90 Å². The number of benzene rings is 1. The molecule has 1 unspecified atom stereocenters. The second-order valence-electron chi connectivity index (χ2n) is 5.01. The Balaban J connectivity index is 1.61. The van der Waals surface area contributed by atoms with Crippen LogP contribution in [0.4, 0.5) is 5.69 Å². The first-order chi connectivity index (χ1) is 8.43. The number of hydrogen-bond donors (Lipinski definition) is 1. The van der Waals surface area contributed by atoms with Crippen molar-refractivity contribution in [3.63, 3.8) is 0 Å². The quantitative estimate of drug-likeness (QED) is 0.824. The van der Waals surface area contributed by atoms with E-state index in [0.29, 0.717) is 0 Å². The number of rotatable bonds is 2. The molecule has 1 atom stereocenters. The summed E-state index contributed by atoms with van der Waals surface area (Å²) in [6.07, 6.45) is 1.31. The van der Waals surface area contributed by atoms with Crippen molar-refractivity contribution in [2.75, 3.05) is 44.2 Å². The van der Waals surface area contributed by atoms with Crippen LogP contribution in [0.25, 0.3) is 0 Å². The van der Waals surface area contributed by atoms with Gasteiger partial charge in [0.1, 0.15) is 0 Å². The molecule has 1 aromatic rings. The van der Waals surface area contributed by atoms with E-state index in [2.05, 4.69) is 45.4 Å². The second-order valence-corrected chi connectivity index (χ2v) is 5.01. The molecule has 2 aliphatic rings. The van der Waals surface area contributed by atoms with Crippen LogP contribution >= 0.6 is 0 Å². The zero-order valence-corrected chi connectivity index (χ0v) is 10.3. The third-order valence-electron chi connectivity index (χ3n) is 3.95. The largest absolute Gasteiger partial charge is 0.370 e. The molecule has 0 bridgehead atoms. The predicted octanol–water partition coefficient (Wildman–Crippen LogP) is 1.17. The summed E-state index contributed by atoms with van der Waals surface area (Å²) in [4.78, 5) is 5.17. The Labute approximate surface area is 103 Å². The number of anilines is 1. The molecule has 0 spiro atoms. The Bertz CT molecular complexity index is 346. The summed E-state index contributed by atoms with van der Waals surface area (Å²) in [6.45, 7) is 7.15. The minimum absolute atomic E-state index is 0.761. The Morgan fingerprint density at radius 3 is 2.53 bits per heavy atom. The van der Waals surface area contributed by atoms with Gasteiger partial charge in [0.15, 0.2) is 0 Å². The van der Waals surface area contributed by atoms with Gasteiger partial charge in [-0.25, -0.2) is 0 Å². The van der Waals surface area contributed by atoms with Crippen molar-refractivity contribution in [1.82, 2.24) is 10.2 Å². The summed E-state index contributed by atoms with van der Waals surface area (Å²) in [7, 11) is 0. The lowest BCUT2D eigenvalue weighted by molar-refractivity contribution is 0.185. The fourth-order valence-electron chi connectivity index (χ4n) is 2.96. The normalized spacial score (nSPS) is 26.4. The standard InChI is InChI=1S/C14H21N3/c1-2-4-13(5-3-1)17-9-6-14(12-17)16-10-7-15-8-11-16/h1-5,14-15H,6-12H2. The average molecular weight is 231 g/mol. The minimum atomic E-state index is 0.761. The first-order valence-corrected chi connectivity index (χ1v) is 6.68. The predicted molar refractivity (Wildman–Crippen MR) is 71.5 cm³/mol. The molecule has 2 aliphatic heterocycles. The number of piperazine rings is 1. The molecule has 2 saturated heterocycles. The molecule has 1 N–H and O–H groups in total. The van der Waals surface area contributed by atoms with E-state index in [4.69, 9.17) is 0 Å². The molecule has 3 rings (SSSR count). The highest BCUT2D eigenvalue weighted by Gasteiger charge is 2.28. The van der Waals surface area contributed by atoms with Crippen molar-refractivity contribution < 1.29 is 0 Å². The molecule has 2 fully saturated rings. The van der Waals surface area contributed by atoms with Crippen LogP contribution in [0.1, 0.15) is 6.42 Å². The van der Waals surface area contributed by atoms with Crippen LogP contribution in [0.2, 0.25) is 0 Å². The summed E-state index contributed by atoms with van der Waals surface area (Å²) >= 11 is 0. The van der Waals surface area contributed by atoms with Gasteiger partial charge in [0.2, 0.25) is 0 Å². The lowest BCUT2D eigenvalue weighted by atomic mass is 10.2. The Kier molecular flexibility index (Phi) is 3.29. The van der Waals surface area contributed by atoms with Crippen molar-refractivity contribution in [3.8, 4) is 0 Å². The molecule has 1 aromatic carbocycles. The lowest BCUT2D eigenvalue weighted by Crippen LogP contribution is -2.49. The Hall–Kier alpha value is -1.06. The molecule has 0 aliphatic carbocycles. The van der Waals surface area contributed by atoms with E-state index in [1.54, 1.807) is 0 Å². The zero-order valence-electron chi connectivity index (χ0n) is 10.3. The maximum atomic E-state index is 3.43. The van der Waals surface area contributed by atoms with E-state index in [0.717, 1.165) is 19.1 Å². The van der Waals surface area contributed by atoms with Crippen LogP contribution < -0.4 is 10.2 Å². The highest BCUT2D eigenvalue weighted by atomic mass is 15.3. The molecule has 0 saturated carbocycles. The monoisotopic (exact) mass is 231 g/mol. The van der Waals surface area contributed by atoms with E-state index in [-0.39, 0.29) is 0 Å². The third kappa shape index (κ3) is 2.45. The number of para-hydroxylation sites is 1. The highest BCUT2D eigenvalue weighted by molar-refractivity contribution is 5.47. The molecule has 0 radical (unpaired) electrons. The number of nitrogens with zero attached hydrogens (tertiary/aromatic N) is 2. The topological polar surface area (TPSA) is 18.5 Å². The van der Waals surface area contributed by atoms with Gasteiger partial charge in [0.25, 0.3) is 0 Å². The molecule has 17 heavy (non-hydrogen) atoms. The van der Waals surface area contributed by atoms with Gasteiger partial charge >= 0.3 is 0 Å². The first kappa shape index (κ1) is 11.1. The van der Waals surface area contributed by atoms with Crippen molar-refractivity contribution in [1.29, 1.82) is 0 Å². The van der Waals surface area contributed by atoms with Crippen molar-refractivity contribution in [2.45, 2.75) is 12.5 Å². The van der Waals surface area contributed by atoms with Crippen molar-refractivity contribution in [3.05, 3.63) is 30.3 Å². The first-order valence-electron chi connectivity index (χ1n) is 6.68. The fraction of sp³-hybridized carbons (Fsp3) is 0.571. The van der Waals surface area contributed by atoms with E-state index in [1.165, 1.54) is 38.3 Å². The van der Waals surface area contributed by atoms with E-state index in [9.17, 15) is 0 Å². The van der Waals surface area contributed by atoms with Gasteiger partial charge in [0.05, 0.1) is 0 Å². The van der Waals surface area contributed by atoms with Gasteiger partial charge < -0.3 is 10.2 Å². The molecular formula is C14H21N3. The molecule has 92 valence electrons. The average Bonchev–Trinajstić information content (AvgIpc) is 2.90. The molecule has 3 nitrogen and oxygen atoms in total. The van der Waals surface area contributed by atoms with Crippen molar-refractivity contribution >= 4 is 5.69 Å². The summed E-state index contributed by atoms with van der Waals surface area (Å²) in [5, 5.41) is 3.43. The van der Waals surface area contributed by atoms with Crippen LogP contribution in [0.5, 0.6) is 0 Å². The highest BCUT2D eigenvalue weighted by Crippen LogP contribution is 2.22. The second kappa shape index (κ2) is 5.07. The number of nitrogens with one attached hydrogen (secondary N) is 1. The Morgan fingerprint density at radius 2 is 1.76 bits per heavy atom. The third-order valence-corrected chi connectivity index (χ3v) is 3.95. The maximum Gasteiger partial charge on any atom is 0.0366 e. The van der Waals surface area contributed by atoms with Gasteiger partial charge in [-0.05, 0) is 18.6 Å². The van der Waals surface area contributed by atoms with Crippen LogP contribution in [0.3, 0.4) is 0 Å². The minimum Gasteiger partial charge on any atom is -0.370 e. The molecule has 3 heteroatoms. The van der Waals surface area contributed by atoms with E-state index < -0.39 is 0 Å². The zero-order chi connectivity index (χ0) is 11.5. The molecule has 0 amide bonds. The lowest BCUT2D eigenvalue weighted by Gasteiger charge is -2.32. The smallest absolute Gasteiger partial charge is 0.0366 e.